The normalized spacial score (nSPS) is 12.4. The Balaban J connectivity index is 2.73. The largest absolute Gasteiger partial charge is 0.379 e. The number of hydrogen-bond acceptors (Lipinski definition) is 3. The van der Waals surface area contributed by atoms with Crippen LogP contribution in [0.25, 0.3) is 0 Å². The number of hydrogen-bond donors (Lipinski definition) is 1. The molecule has 0 radical (unpaired) electrons. The van der Waals surface area contributed by atoms with Crippen LogP contribution in [-0.4, -0.2) is 28.5 Å². The topological polar surface area (TPSA) is 39.1 Å². The summed E-state index contributed by atoms with van der Waals surface area (Å²) in [6.45, 7) is 14.6. The van der Waals surface area contributed by atoms with Gasteiger partial charge in [-0.2, -0.15) is 5.10 Å². The van der Waals surface area contributed by atoms with Crippen LogP contribution in [0.15, 0.2) is 0 Å². The molecule has 0 saturated carbocycles. The minimum absolute atomic E-state index is 0.0946. The van der Waals surface area contributed by atoms with Crippen LogP contribution in [0.1, 0.15) is 51.1 Å². The molecule has 0 atom stereocenters. The zero-order chi connectivity index (χ0) is 14.6. The van der Waals surface area contributed by atoms with Gasteiger partial charge in [-0.15, -0.1) is 0 Å². The molecule has 4 heteroatoms. The maximum atomic E-state index is 5.46. The average Bonchev–Trinajstić information content (AvgIpc) is 2.60. The molecule has 0 amide bonds. The maximum absolute atomic E-state index is 5.46. The summed E-state index contributed by atoms with van der Waals surface area (Å²) in [7, 11) is 1.76. The molecular formula is C15H29N3O. The fraction of sp³-hybridized carbons (Fsp3) is 0.800. The summed E-state index contributed by atoms with van der Waals surface area (Å²) in [6.07, 6.45) is 0.961. The van der Waals surface area contributed by atoms with Gasteiger partial charge < -0.3 is 10.1 Å². The zero-order valence-corrected chi connectivity index (χ0v) is 13.5. The lowest BCUT2D eigenvalue weighted by atomic mass is 10.1. The molecule has 19 heavy (non-hydrogen) atoms. The summed E-state index contributed by atoms with van der Waals surface area (Å²) in [6, 6.07) is 0.495. The van der Waals surface area contributed by atoms with Crippen molar-refractivity contribution >= 4 is 0 Å². The second-order valence-corrected chi connectivity index (χ2v) is 6.12. The van der Waals surface area contributed by atoms with Crippen molar-refractivity contribution in [1.29, 1.82) is 0 Å². The van der Waals surface area contributed by atoms with Crippen molar-refractivity contribution in [1.82, 2.24) is 15.1 Å². The average molecular weight is 267 g/mol. The van der Waals surface area contributed by atoms with Crippen LogP contribution in [0.5, 0.6) is 0 Å². The van der Waals surface area contributed by atoms with Gasteiger partial charge >= 0.3 is 0 Å². The Bertz CT molecular complexity index is 408. The zero-order valence-electron chi connectivity index (χ0n) is 13.5. The Morgan fingerprint density at radius 2 is 1.95 bits per heavy atom. The van der Waals surface area contributed by atoms with Gasteiger partial charge in [-0.25, -0.2) is 0 Å². The number of nitrogens with one attached hydrogen (secondary N) is 1. The molecule has 4 nitrogen and oxygen atoms in total. The predicted octanol–water partition coefficient (Wildman–Crippen LogP) is 2.81. The molecule has 0 aliphatic carbocycles. The second-order valence-electron chi connectivity index (χ2n) is 6.12. The van der Waals surface area contributed by atoms with E-state index in [2.05, 4.69) is 56.6 Å². The van der Waals surface area contributed by atoms with Gasteiger partial charge in [0.1, 0.15) is 0 Å². The van der Waals surface area contributed by atoms with E-state index in [9.17, 15) is 0 Å². The quantitative estimate of drug-likeness (QED) is 0.825. The van der Waals surface area contributed by atoms with E-state index in [0.717, 1.165) is 25.2 Å². The first kappa shape index (κ1) is 16.2. The molecular weight excluding hydrogens is 238 g/mol. The number of aromatic nitrogens is 2. The summed E-state index contributed by atoms with van der Waals surface area (Å²) >= 11 is 0. The Kier molecular flexibility index (Phi) is 5.56. The molecule has 0 aromatic carbocycles. The number of rotatable bonds is 7. The lowest BCUT2D eigenvalue weighted by molar-refractivity contribution is 0.0112. The lowest BCUT2D eigenvalue weighted by Crippen LogP contribution is -2.25. The summed E-state index contributed by atoms with van der Waals surface area (Å²) in [5, 5.41) is 8.11. The molecule has 1 aromatic heterocycles. The van der Waals surface area contributed by atoms with E-state index >= 15 is 0 Å². The van der Waals surface area contributed by atoms with Crippen molar-refractivity contribution in [2.75, 3.05) is 7.11 Å². The molecule has 110 valence electrons. The van der Waals surface area contributed by atoms with Gasteiger partial charge in [-0.05, 0) is 34.1 Å². The van der Waals surface area contributed by atoms with Gasteiger partial charge in [0.15, 0.2) is 0 Å². The van der Waals surface area contributed by atoms with Crippen LogP contribution in [-0.2, 0) is 17.8 Å². The van der Waals surface area contributed by atoms with Crippen molar-refractivity contribution < 1.29 is 4.74 Å². The van der Waals surface area contributed by atoms with E-state index in [1.54, 1.807) is 7.11 Å². The van der Waals surface area contributed by atoms with Gasteiger partial charge in [0.05, 0.1) is 11.3 Å². The van der Waals surface area contributed by atoms with Crippen molar-refractivity contribution in [3.63, 3.8) is 0 Å². The van der Waals surface area contributed by atoms with Gasteiger partial charge in [-0.3, -0.25) is 4.68 Å². The van der Waals surface area contributed by atoms with Crippen LogP contribution >= 0.6 is 0 Å². The Morgan fingerprint density at radius 1 is 1.32 bits per heavy atom. The lowest BCUT2D eigenvalue weighted by Gasteiger charge is -2.22. The smallest absolute Gasteiger partial charge is 0.0641 e. The fourth-order valence-corrected chi connectivity index (χ4v) is 1.99. The standard InChI is InChI=1S/C15H29N3O/c1-11(2)16-10-14-12(3)17-18(13(14)4)9-8-15(5,6)19-7/h11,16H,8-10H2,1-7H3. The number of aryl methyl sites for hydroxylation is 2. The van der Waals surface area contributed by atoms with Gasteiger partial charge in [0, 0.05) is 37.5 Å². The molecule has 0 spiro atoms. The van der Waals surface area contributed by atoms with Crippen molar-refractivity contribution in [2.24, 2.45) is 0 Å². The minimum atomic E-state index is -0.0946. The van der Waals surface area contributed by atoms with Crippen LogP contribution in [0, 0.1) is 13.8 Å². The first-order valence-corrected chi connectivity index (χ1v) is 7.08. The maximum Gasteiger partial charge on any atom is 0.0641 e. The molecule has 0 aliphatic heterocycles. The number of methoxy groups -OCH3 is 1. The van der Waals surface area contributed by atoms with Crippen LogP contribution in [0.4, 0.5) is 0 Å². The van der Waals surface area contributed by atoms with E-state index in [1.165, 1.54) is 11.3 Å². The summed E-state index contributed by atoms with van der Waals surface area (Å²) < 4.78 is 7.57. The molecule has 0 fully saturated rings. The highest BCUT2D eigenvalue weighted by atomic mass is 16.5. The highest BCUT2D eigenvalue weighted by Gasteiger charge is 2.18. The molecule has 0 saturated heterocycles. The molecule has 0 bridgehead atoms. The van der Waals surface area contributed by atoms with E-state index in [0.29, 0.717) is 6.04 Å². The Hall–Kier alpha value is -0.870. The van der Waals surface area contributed by atoms with E-state index in [-0.39, 0.29) is 5.60 Å². The fourth-order valence-electron chi connectivity index (χ4n) is 1.99. The number of nitrogens with zero attached hydrogens (tertiary/aromatic N) is 2. The number of ether oxygens (including phenoxy) is 1. The van der Waals surface area contributed by atoms with Crippen molar-refractivity contribution in [3.05, 3.63) is 17.0 Å². The van der Waals surface area contributed by atoms with Crippen molar-refractivity contribution in [3.8, 4) is 0 Å². The van der Waals surface area contributed by atoms with Crippen LogP contribution < -0.4 is 5.32 Å². The van der Waals surface area contributed by atoms with E-state index in [4.69, 9.17) is 4.74 Å². The molecule has 0 unspecified atom stereocenters. The van der Waals surface area contributed by atoms with E-state index in [1.807, 2.05) is 0 Å². The summed E-state index contributed by atoms with van der Waals surface area (Å²) in [4.78, 5) is 0. The molecule has 1 aromatic rings. The third kappa shape index (κ3) is 4.62. The minimum Gasteiger partial charge on any atom is -0.379 e. The van der Waals surface area contributed by atoms with E-state index < -0.39 is 0 Å². The SMILES string of the molecule is COC(C)(C)CCn1nc(C)c(CNC(C)C)c1C. The summed E-state index contributed by atoms with van der Waals surface area (Å²) in [5.41, 5.74) is 3.62. The third-order valence-electron chi connectivity index (χ3n) is 3.70. The molecule has 1 N–H and O–H groups in total. The Labute approximate surface area is 117 Å². The van der Waals surface area contributed by atoms with Gasteiger partial charge in [0.25, 0.3) is 0 Å². The molecule has 1 heterocycles. The second kappa shape index (κ2) is 6.53. The monoisotopic (exact) mass is 267 g/mol. The van der Waals surface area contributed by atoms with Crippen LogP contribution in [0.2, 0.25) is 0 Å². The summed E-state index contributed by atoms with van der Waals surface area (Å²) in [5.74, 6) is 0. The molecule has 1 rings (SSSR count). The van der Waals surface area contributed by atoms with Gasteiger partial charge in [0.2, 0.25) is 0 Å². The molecule has 0 aliphatic rings. The first-order chi connectivity index (χ1) is 8.76. The van der Waals surface area contributed by atoms with Gasteiger partial charge in [-0.1, -0.05) is 13.8 Å². The highest BCUT2D eigenvalue weighted by molar-refractivity contribution is 5.24. The first-order valence-electron chi connectivity index (χ1n) is 7.08. The van der Waals surface area contributed by atoms with Crippen molar-refractivity contribution in [2.45, 2.75) is 72.7 Å². The predicted molar refractivity (Wildman–Crippen MR) is 79.4 cm³/mol. The van der Waals surface area contributed by atoms with Crippen LogP contribution in [0.3, 0.4) is 0 Å². The highest BCUT2D eigenvalue weighted by Crippen LogP contribution is 2.18. The Morgan fingerprint density at radius 3 is 2.47 bits per heavy atom. The third-order valence-corrected chi connectivity index (χ3v) is 3.70.